The molecule has 23 heavy (non-hydrogen) atoms. The number of nitrogens with zero attached hydrogens (tertiary/aromatic N) is 1. The van der Waals surface area contributed by atoms with Crippen LogP contribution < -0.4 is 10.1 Å². The zero-order valence-electron chi connectivity index (χ0n) is 14.4. The Bertz CT molecular complexity index is 488. The molecule has 0 spiro atoms. The molecular weight excluding hydrogens is 312 g/mol. The zero-order valence-corrected chi connectivity index (χ0v) is 15.2. The maximum Gasteiger partial charge on any atom is 0.263 e. The number of nitrogens with one attached hydrogen (secondary N) is 1. The lowest BCUT2D eigenvalue weighted by Gasteiger charge is -2.34. The third-order valence-electron chi connectivity index (χ3n) is 4.43. The van der Waals surface area contributed by atoms with Gasteiger partial charge in [-0.05, 0) is 57.3 Å². The summed E-state index contributed by atoms with van der Waals surface area (Å²) in [6.07, 6.45) is 2.48. The van der Waals surface area contributed by atoms with Crippen LogP contribution in [-0.4, -0.2) is 43.6 Å². The Labute approximate surface area is 146 Å². The smallest absolute Gasteiger partial charge is 0.263 e. The van der Waals surface area contributed by atoms with Gasteiger partial charge in [0.1, 0.15) is 5.75 Å². The van der Waals surface area contributed by atoms with Gasteiger partial charge in [-0.2, -0.15) is 0 Å². The Balaban J connectivity index is 0.00000264. The minimum atomic E-state index is -0.373. The van der Waals surface area contributed by atoms with Gasteiger partial charge in [0.05, 0.1) is 0 Å². The van der Waals surface area contributed by atoms with Crippen LogP contribution in [0.5, 0.6) is 5.75 Å². The van der Waals surface area contributed by atoms with Crippen molar-refractivity contribution < 1.29 is 9.53 Å². The van der Waals surface area contributed by atoms with Gasteiger partial charge in [0.15, 0.2) is 6.10 Å². The highest BCUT2D eigenvalue weighted by atomic mass is 35.5. The first-order valence-electron chi connectivity index (χ1n) is 8.31. The number of halogens is 1. The lowest BCUT2D eigenvalue weighted by molar-refractivity contribution is -0.140. The molecule has 0 aliphatic carbocycles. The largest absolute Gasteiger partial charge is 0.480 e. The topological polar surface area (TPSA) is 41.6 Å². The van der Waals surface area contributed by atoms with Crippen LogP contribution in [0.4, 0.5) is 0 Å². The molecule has 5 heteroatoms. The highest BCUT2D eigenvalue weighted by molar-refractivity contribution is 5.85. The van der Waals surface area contributed by atoms with E-state index in [1.54, 1.807) is 0 Å². The molecule has 1 atom stereocenters. The number of aryl methyl sites for hydroxylation is 1. The molecular formula is C18H29ClN2O2. The third kappa shape index (κ3) is 5.40. The summed E-state index contributed by atoms with van der Waals surface area (Å²) in [5.41, 5.74) is 1.07. The molecule has 1 N–H and O–H groups in total. The van der Waals surface area contributed by atoms with Gasteiger partial charge in [0.2, 0.25) is 0 Å². The first-order chi connectivity index (χ1) is 10.7. The number of likely N-dealkylation sites (tertiary alicyclic amines) is 1. The highest BCUT2D eigenvalue weighted by Gasteiger charge is 2.28. The molecule has 1 fully saturated rings. The number of piperidine rings is 1. The summed E-state index contributed by atoms with van der Waals surface area (Å²) < 4.78 is 5.98. The zero-order chi connectivity index (χ0) is 15.9. The summed E-state index contributed by atoms with van der Waals surface area (Å²) in [5.74, 6) is 1.63. The van der Waals surface area contributed by atoms with E-state index in [9.17, 15) is 4.79 Å². The van der Waals surface area contributed by atoms with E-state index in [2.05, 4.69) is 5.32 Å². The van der Waals surface area contributed by atoms with Crippen LogP contribution >= 0.6 is 12.4 Å². The second-order valence-corrected chi connectivity index (χ2v) is 6.11. The van der Waals surface area contributed by atoms with E-state index in [-0.39, 0.29) is 24.4 Å². The summed E-state index contributed by atoms with van der Waals surface area (Å²) in [7, 11) is 1.99. The number of benzene rings is 1. The minimum absolute atomic E-state index is 0. The molecule has 130 valence electrons. The van der Waals surface area contributed by atoms with Gasteiger partial charge in [0.25, 0.3) is 5.91 Å². The minimum Gasteiger partial charge on any atom is -0.480 e. The Kier molecular flexibility index (Phi) is 8.42. The average molecular weight is 341 g/mol. The van der Waals surface area contributed by atoms with E-state index < -0.39 is 0 Å². The standard InChI is InChI=1S/C18H28N2O2.ClH/c1-4-16(22-17-8-6-5-7-14(17)2)18(21)20-11-9-15(10-12-20)13-19-3;/h5-8,15-16,19H,4,9-13H2,1-3H3;1H. The number of carbonyl (C=O) groups excluding carboxylic acids is 1. The fraction of sp³-hybridized carbons (Fsp3) is 0.611. The summed E-state index contributed by atoms with van der Waals surface area (Å²) in [6, 6.07) is 7.88. The van der Waals surface area contributed by atoms with Gasteiger partial charge >= 0.3 is 0 Å². The number of rotatable bonds is 6. The first-order valence-corrected chi connectivity index (χ1v) is 8.31. The van der Waals surface area contributed by atoms with Crippen molar-refractivity contribution in [3.63, 3.8) is 0 Å². The molecule has 1 aliphatic rings. The third-order valence-corrected chi connectivity index (χ3v) is 4.43. The van der Waals surface area contributed by atoms with Gasteiger partial charge < -0.3 is 15.0 Å². The van der Waals surface area contributed by atoms with Gasteiger partial charge in [-0.1, -0.05) is 25.1 Å². The number of carbonyl (C=O) groups is 1. The van der Waals surface area contributed by atoms with Crippen molar-refractivity contribution in [2.75, 3.05) is 26.7 Å². The summed E-state index contributed by atoms with van der Waals surface area (Å²) in [4.78, 5) is 14.7. The number of para-hydroxylation sites is 1. The number of hydrogen-bond donors (Lipinski definition) is 1. The van der Waals surface area contributed by atoms with E-state index in [0.29, 0.717) is 12.3 Å². The number of amides is 1. The molecule has 0 aromatic heterocycles. The van der Waals surface area contributed by atoms with E-state index in [4.69, 9.17) is 4.74 Å². The Morgan fingerprint density at radius 2 is 2.00 bits per heavy atom. The lowest BCUT2D eigenvalue weighted by Crippen LogP contribution is -2.46. The summed E-state index contributed by atoms with van der Waals surface area (Å²) >= 11 is 0. The van der Waals surface area contributed by atoms with Crippen molar-refractivity contribution >= 4 is 18.3 Å². The normalized spacial score (nSPS) is 16.6. The maximum atomic E-state index is 12.7. The predicted molar refractivity (Wildman–Crippen MR) is 96.4 cm³/mol. The Morgan fingerprint density at radius 3 is 2.57 bits per heavy atom. The van der Waals surface area contributed by atoms with E-state index >= 15 is 0 Å². The molecule has 1 aromatic rings. The van der Waals surface area contributed by atoms with Crippen LogP contribution in [0.1, 0.15) is 31.7 Å². The van der Waals surface area contributed by atoms with Crippen molar-refractivity contribution in [3.8, 4) is 5.75 Å². The molecule has 1 amide bonds. The van der Waals surface area contributed by atoms with Crippen LogP contribution in [-0.2, 0) is 4.79 Å². The fourth-order valence-electron chi connectivity index (χ4n) is 3.00. The number of ether oxygens (including phenoxy) is 1. The number of hydrogen-bond acceptors (Lipinski definition) is 3. The van der Waals surface area contributed by atoms with Crippen LogP contribution in [0.15, 0.2) is 24.3 Å². The molecule has 1 saturated heterocycles. The predicted octanol–water partition coefficient (Wildman–Crippen LogP) is 3.03. The van der Waals surface area contributed by atoms with Crippen molar-refractivity contribution in [1.29, 1.82) is 0 Å². The van der Waals surface area contributed by atoms with Gasteiger partial charge in [-0.15, -0.1) is 12.4 Å². The second kappa shape index (κ2) is 9.78. The lowest BCUT2D eigenvalue weighted by atomic mass is 9.96. The summed E-state index contributed by atoms with van der Waals surface area (Å²) in [6.45, 7) is 6.75. The van der Waals surface area contributed by atoms with Crippen LogP contribution in [0.3, 0.4) is 0 Å². The van der Waals surface area contributed by atoms with Crippen molar-refractivity contribution in [1.82, 2.24) is 10.2 Å². The second-order valence-electron chi connectivity index (χ2n) is 6.11. The quantitative estimate of drug-likeness (QED) is 0.865. The Morgan fingerprint density at radius 1 is 1.35 bits per heavy atom. The fourth-order valence-corrected chi connectivity index (χ4v) is 3.00. The van der Waals surface area contributed by atoms with Gasteiger partial charge in [0, 0.05) is 13.1 Å². The van der Waals surface area contributed by atoms with E-state index in [0.717, 1.165) is 43.8 Å². The summed E-state index contributed by atoms with van der Waals surface area (Å²) in [5, 5.41) is 3.23. The van der Waals surface area contributed by atoms with Crippen LogP contribution in [0.2, 0.25) is 0 Å². The molecule has 0 saturated carbocycles. The van der Waals surface area contributed by atoms with Gasteiger partial charge in [-0.3, -0.25) is 4.79 Å². The Hall–Kier alpha value is -1.26. The highest BCUT2D eigenvalue weighted by Crippen LogP contribution is 2.22. The van der Waals surface area contributed by atoms with Gasteiger partial charge in [-0.25, -0.2) is 0 Å². The molecule has 4 nitrogen and oxygen atoms in total. The monoisotopic (exact) mass is 340 g/mol. The van der Waals surface area contributed by atoms with Crippen LogP contribution in [0.25, 0.3) is 0 Å². The molecule has 2 rings (SSSR count). The molecule has 1 aliphatic heterocycles. The van der Waals surface area contributed by atoms with Crippen molar-refractivity contribution in [2.45, 2.75) is 39.2 Å². The van der Waals surface area contributed by atoms with E-state index in [1.807, 2.05) is 50.1 Å². The van der Waals surface area contributed by atoms with Crippen molar-refractivity contribution in [3.05, 3.63) is 29.8 Å². The molecule has 0 radical (unpaired) electrons. The average Bonchev–Trinajstić information content (AvgIpc) is 2.54. The molecule has 0 bridgehead atoms. The molecule has 1 aromatic carbocycles. The first kappa shape index (κ1) is 19.8. The van der Waals surface area contributed by atoms with E-state index in [1.165, 1.54) is 0 Å². The van der Waals surface area contributed by atoms with Crippen LogP contribution in [0, 0.1) is 12.8 Å². The SMILES string of the molecule is CCC(Oc1ccccc1C)C(=O)N1CCC(CNC)CC1.Cl. The molecule has 1 heterocycles. The van der Waals surface area contributed by atoms with Crippen molar-refractivity contribution in [2.24, 2.45) is 5.92 Å². The maximum absolute atomic E-state index is 12.7. The molecule has 1 unspecified atom stereocenters.